The van der Waals surface area contributed by atoms with Crippen molar-refractivity contribution in [2.24, 2.45) is 0 Å². The largest absolute Gasteiger partial charge is 0.480 e. The zero-order valence-electron chi connectivity index (χ0n) is 12.1. The molecule has 1 amide bonds. The number of halogens is 2. The summed E-state index contributed by atoms with van der Waals surface area (Å²) in [5.74, 6) is -0.875. The molecule has 2 aromatic heterocycles. The maximum atomic E-state index is 12.3. The second-order valence-corrected chi connectivity index (χ2v) is 5.67. The molecule has 6 nitrogen and oxygen atoms in total. The molecule has 23 heavy (non-hydrogen) atoms. The lowest BCUT2D eigenvalue weighted by molar-refractivity contribution is -0.142. The van der Waals surface area contributed by atoms with Crippen LogP contribution in [0.3, 0.4) is 0 Å². The van der Waals surface area contributed by atoms with E-state index in [1.54, 1.807) is 24.4 Å². The van der Waals surface area contributed by atoms with E-state index in [2.05, 4.69) is 10.3 Å². The molecule has 0 saturated heterocycles. The van der Waals surface area contributed by atoms with Gasteiger partial charge in [-0.1, -0.05) is 0 Å². The Labute approximate surface area is 134 Å². The van der Waals surface area contributed by atoms with Gasteiger partial charge in [-0.05, 0) is 19.1 Å². The minimum Gasteiger partial charge on any atom is -0.480 e. The zero-order valence-corrected chi connectivity index (χ0v) is 12.9. The molecule has 0 aliphatic heterocycles. The second-order valence-electron chi connectivity index (χ2n) is 4.82. The fourth-order valence-electron chi connectivity index (χ4n) is 1.86. The summed E-state index contributed by atoms with van der Waals surface area (Å²) >= 11 is 1.27. The smallest absolute Gasteiger partial charge is 0.326 e. The summed E-state index contributed by atoms with van der Waals surface area (Å²) in [7, 11) is 0. The van der Waals surface area contributed by atoms with Crippen LogP contribution in [-0.2, 0) is 16.0 Å². The van der Waals surface area contributed by atoms with Crippen LogP contribution in [0, 0.1) is 6.92 Å². The quantitative estimate of drug-likeness (QED) is 0.805. The molecule has 0 radical (unpaired) electrons. The summed E-state index contributed by atoms with van der Waals surface area (Å²) in [6, 6.07) is 1.92. The number of rotatable bonds is 7. The lowest BCUT2D eigenvalue weighted by Crippen LogP contribution is -2.42. The summed E-state index contributed by atoms with van der Waals surface area (Å²) in [5.41, 5.74) is 0.415. The predicted molar refractivity (Wildman–Crippen MR) is 78.4 cm³/mol. The first kappa shape index (κ1) is 17.1. The Balaban J connectivity index is 1.97. The number of aliphatic carboxylic acids is 1. The van der Waals surface area contributed by atoms with Gasteiger partial charge in [0.1, 0.15) is 11.8 Å². The van der Waals surface area contributed by atoms with Crippen LogP contribution < -0.4 is 5.32 Å². The summed E-state index contributed by atoms with van der Waals surface area (Å²) in [6.07, 6.45) is -3.94. The van der Waals surface area contributed by atoms with E-state index >= 15 is 0 Å². The van der Waals surface area contributed by atoms with Gasteiger partial charge in [0.05, 0.1) is 12.1 Å². The molecule has 0 aromatic carbocycles. The predicted octanol–water partition coefficient (Wildman–Crippen LogP) is 2.48. The Hall–Kier alpha value is -2.29. The minimum absolute atomic E-state index is 0.191. The maximum Gasteiger partial charge on any atom is 0.326 e. The highest BCUT2D eigenvalue weighted by molar-refractivity contribution is 7.13. The van der Waals surface area contributed by atoms with E-state index in [4.69, 9.17) is 9.52 Å². The highest BCUT2D eigenvalue weighted by atomic mass is 32.1. The number of amides is 1. The van der Waals surface area contributed by atoms with Crippen LogP contribution in [0.1, 0.15) is 17.9 Å². The Morgan fingerprint density at radius 2 is 2.17 bits per heavy atom. The number of carbonyl (C=O) groups excluding carboxylic acids is 1. The number of nitrogens with zero attached hydrogens (tertiary/aromatic N) is 1. The molecule has 2 aromatic rings. The van der Waals surface area contributed by atoms with Crippen LogP contribution in [0.5, 0.6) is 0 Å². The van der Waals surface area contributed by atoms with E-state index in [9.17, 15) is 18.4 Å². The number of furan rings is 1. The first-order valence-corrected chi connectivity index (χ1v) is 7.54. The first-order chi connectivity index (χ1) is 10.8. The highest BCUT2D eigenvalue weighted by Gasteiger charge is 2.24. The molecule has 0 aliphatic carbocycles. The third-order valence-electron chi connectivity index (χ3n) is 2.89. The van der Waals surface area contributed by atoms with Gasteiger partial charge < -0.3 is 14.8 Å². The third kappa shape index (κ3) is 4.85. The number of carbonyl (C=O) groups is 2. The lowest BCUT2D eigenvalue weighted by atomic mass is 10.2. The van der Waals surface area contributed by atoms with Crippen molar-refractivity contribution in [3.05, 3.63) is 29.0 Å². The number of carboxylic acids is 1. The average molecular weight is 344 g/mol. The minimum atomic E-state index is -2.82. The van der Waals surface area contributed by atoms with Crippen molar-refractivity contribution < 1.29 is 27.9 Å². The number of hydrogen-bond acceptors (Lipinski definition) is 5. The number of thiazole rings is 1. The number of nitrogens with one attached hydrogen (secondary N) is 1. The lowest BCUT2D eigenvalue weighted by Gasteiger charge is -2.13. The van der Waals surface area contributed by atoms with Gasteiger partial charge in [0, 0.05) is 11.8 Å². The SMILES string of the molecule is Cc1ccc(-c2nc(CC(=O)NC(CC(F)F)C(=O)O)cs2)o1. The van der Waals surface area contributed by atoms with Crippen LogP contribution in [0.4, 0.5) is 8.78 Å². The number of aryl methyl sites for hydroxylation is 1. The van der Waals surface area contributed by atoms with Crippen LogP contribution in [0.15, 0.2) is 21.9 Å². The van der Waals surface area contributed by atoms with Gasteiger partial charge in [0.25, 0.3) is 0 Å². The van der Waals surface area contributed by atoms with Crippen LogP contribution in [-0.4, -0.2) is 34.4 Å². The Morgan fingerprint density at radius 3 is 2.74 bits per heavy atom. The fraction of sp³-hybridized carbons (Fsp3) is 0.357. The molecular formula is C14H14F2N2O4S. The van der Waals surface area contributed by atoms with Crippen molar-refractivity contribution in [1.29, 1.82) is 0 Å². The van der Waals surface area contributed by atoms with E-state index in [1.165, 1.54) is 11.3 Å². The number of aromatic nitrogens is 1. The van der Waals surface area contributed by atoms with Crippen molar-refractivity contribution >= 4 is 23.2 Å². The number of alkyl halides is 2. The first-order valence-electron chi connectivity index (χ1n) is 6.66. The summed E-state index contributed by atoms with van der Waals surface area (Å²) < 4.78 is 30.0. The Bertz CT molecular complexity index is 699. The van der Waals surface area contributed by atoms with E-state index < -0.39 is 30.8 Å². The van der Waals surface area contributed by atoms with Gasteiger partial charge in [-0.25, -0.2) is 18.6 Å². The molecule has 0 aliphatic rings. The van der Waals surface area contributed by atoms with Gasteiger partial charge >= 0.3 is 5.97 Å². The molecule has 124 valence electrons. The van der Waals surface area contributed by atoms with Crippen molar-refractivity contribution in [3.63, 3.8) is 0 Å². The molecule has 1 unspecified atom stereocenters. The molecule has 2 rings (SSSR count). The van der Waals surface area contributed by atoms with Gasteiger partial charge in [0.2, 0.25) is 12.3 Å². The van der Waals surface area contributed by atoms with E-state index in [0.717, 1.165) is 5.76 Å². The summed E-state index contributed by atoms with van der Waals surface area (Å²) in [5, 5.41) is 13.1. The van der Waals surface area contributed by atoms with Gasteiger partial charge in [-0.2, -0.15) is 0 Å². The van der Waals surface area contributed by atoms with Crippen LogP contribution in [0.25, 0.3) is 10.8 Å². The van der Waals surface area contributed by atoms with E-state index in [1.807, 2.05) is 0 Å². The highest BCUT2D eigenvalue weighted by Crippen LogP contribution is 2.25. The molecule has 0 saturated carbocycles. The van der Waals surface area contributed by atoms with Crippen molar-refractivity contribution in [3.8, 4) is 10.8 Å². The van der Waals surface area contributed by atoms with Gasteiger partial charge in [-0.3, -0.25) is 4.79 Å². The van der Waals surface area contributed by atoms with Crippen molar-refractivity contribution in [2.75, 3.05) is 0 Å². The molecule has 0 spiro atoms. The van der Waals surface area contributed by atoms with Crippen molar-refractivity contribution in [2.45, 2.75) is 32.2 Å². The Kier molecular flexibility index (Phi) is 5.43. The van der Waals surface area contributed by atoms with E-state index in [-0.39, 0.29) is 6.42 Å². The fourth-order valence-corrected chi connectivity index (χ4v) is 2.64. The standard InChI is InChI=1S/C14H14F2N2O4S/c1-7-2-3-10(22-7)13-17-8(6-23-13)4-12(19)18-9(14(20)21)5-11(15)16/h2-3,6,9,11H,4-5H2,1H3,(H,18,19)(H,20,21). The Morgan fingerprint density at radius 1 is 1.43 bits per heavy atom. The summed E-state index contributed by atoms with van der Waals surface area (Å²) in [6.45, 7) is 1.79. The summed E-state index contributed by atoms with van der Waals surface area (Å²) in [4.78, 5) is 26.8. The number of carboxylic acid groups (broad SMARTS) is 1. The van der Waals surface area contributed by atoms with E-state index in [0.29, 0.717) is 16.5 Å². The third-order valence-corrected chi connectivity index (χ3v) is 3.80. The topological polar surface area (TPSA) is 92.4 Å². The maximum absolute atomic E-state index is 12.3. The molecule has 9 heteroatoms. The normalized spacial score (nSPS) is 12.3. The van der Waals surface area contributed by atoms with Crippen LogP contribution in [0.2, 0.25) is 0 Å². The monoisotopic (exact) mass is 344 g/mol. The zero-order chi connectivity index (χ0) is 17.0. The average Bonchev–Trinajstić information content (AvgIpc) is 3.06. The second kappa shape index (κ2) is 7.32. The van der Waals surface area contributed by atoms with Gasteiger partial charge in [0.15, 0.2) is 10.8 Å². The van der Waals surface area contributed by atoms with Gasteiger partial charge in [-0.15, -0.1) is 11.3 Å². The molecule has 0 bridgehead atoms. The molecule has 2 N–H and O–H groups in total. The van der Waals surface area contributed by atoms with Crippen LogP contribution >= 0.6 is 11.3 Å². The number of hydrogen-bond donors (Lipinski definition) is 2. The molecule has 2 heterocycles. The molecule has 1 atom stereocenters. The van der Waals surface area contributed by atoms with Crippen molar-refractivity contribution in [1.82, 2.24) is 10.3 Å². The molecular weight excluding hydrogens is 330 g/mol. The molecule has 0 fully saturated rings.